The molecule has 1 N–H and O–H groups in total. The third-order valence-electron chi connectivity index (χ3n) is 3.42. The molecule has 0 spiro atoms. The summed E-state index contributed by atoms with van der Waals surface area (Å²) >= 11 is 0. The number of carboxylic acid groups (broad SMARTS) is 1. The first-order valence-corrected chi connectivity index (χ1v) is 6.33. The van der Waals surface area contributed by atoms with Crippen LogP contribution in [0.4, 0.5) is 5.82 Å². The predicted octanol–water partition coefficient (Wildman–Crippen LogP) is 0.526. The van der Waals surface area contributed by atoms with E-state index in [0.717, 1.165) is 31.0 Å². The summed E-state index contributed by atoms with van der Waals surface area (Å²) in [7, 11) is 0. The van der Waals surface area contributed by atoms with Gasteiger partial charge in [0.15, 0.2) is 5.69 Å². The van der Waals surface area contributed by atoms with Crippen LogP contribution in [0.1, 0.15) is 28.6 Å². The van der Waals surface area contributed by atoms with E-state index in [2.05, 4.69) is 25.2 Å². The maximum Gasteiger partial charge on any atom is 0.358 e. The summed E-state index contributed by atoms with van der Waals surface area (Å²) in [4.78, 5) is 21.5. The van der Waals surface area contributed by atoms with Gasteiger partial charge < -0.3 is 10.0 Å². The topological polar surface area (TPSA) is 97.0 Å². The van der Waals surface area contributed by atoms with E-state index >= 15 is 0 Å². The number of rotatable bonds is 3. The van der Waals surface area contributed by atoms with Gasteiger partial charge >= 0.3 is 5.97 Å². The standard InChI is InChI=1S/C12H14N6O2/c1-8-11(14-4-3-13-8)17-5-2-9(6-17)18-7-10(12(19)20)15-16-18/h3-4,7,9H,2,5-6H2,1H3,(H,19,20). The third-order valence-corrected chi connectivity index (χ3v) is 3.42. The Morgan fingerprint density at radius 2 is 2.20 bits per heavy atom. The maximum atomic E-state index is 10.8. The van der Waals surface area contributed by atoms with Gasteiger partial charge in [0.2, 0.25) is 0 Å². The normalized spacial score (nSPS) is 18.4. The van der Waals surface area contributed by atoms with Crippen LogP contribution in [0, 0.1) is 6.92 Å². The van der Waals surface area contributed by atoms with Gasteiger partial charge in [-0.3, -0.25) is 4.98 Å². The molecular formula is C12H14N6O2. The Bertz CT molecular complexity index is 640. The van der Waals surface area contributed by atoms with Crippen molar-refractivity contribution in [2.45, 2.75) is 19.4 Å². The van der Waals surface area contributed by atoms with E-state index in [9.17, 15) is 4.79 Å². The van der Waals surface area contributed by atoms with Gasteiger partial charge in [0.05, 0.1) is 17.9 Å². The number of aromatic nitrogens is 5. The van der Waals surface area contributed by atoms with Crippen molar-refractivity contribution in [3.63, 3.8) is 0 Å². The van der Waals surface area contributed by atoms with Crippen molar-refractivity contribution >= 4 is 11.8 Å². The first-order valence-electron chi connectivity index (χ1n) is 6.33. The Kier molecular flexibility index (Phi) is 3.05. The fraction of sp³-hybridized carbons (Fsp3) is 0.417. The third kappa shape index (κ3) is 2.20. The summed E-state index contributed by atoms with van der Waals surface area (Å²) in [6.07, 6.45) is 5.69. The van der Waals surface area contributed by atoms with Crippen LogP contribution in [-0.2, 0) is 0 Å². The predicted molar refractivity (Wildman–Crippen MR) is 69.6 cm³/mol. The van der Waals surface area contributed by atoms with Gasteiger partial charge in [0.25, 0.3) is 0 Å². The fourth-order valence-electron chi connectivity index (χ4n) is 2.41. The van der Waals surface area contributed by atoms with Crippen molar-refractivity contribution < 1.29 is 9.90 Å². The average molecular weight is 274 g/mol. The molecule has 0 aromatic carbocycles. The first-order chi connectivity index (χ1) is 9.65. The van der Waals surface area contributed by atoms with E-state index in [1.807, 2.05) is 6.92 Å². The second kappa shape index (κ2) is 4.87. The van der Waals surface area contributed by atoms with Crippen LogP contribution < -0.4 is 4.90 Å². The molecule has 104 valence electrons. The van der Waals surface area contributed by atoms with Crippen molar-refractivity contribution in [3.8, 4) is 0 Å². The molecular weight excluding hydrogens is 260 g/mol. The molecule has 0 bridgehead atoms. The van der Waals surface area contributed by atoms with Crippen LogP contribution in [0.25, 0.3) is 0 Å². The number of aromatic carboxylic acids is 1. The van der Waals surface area contributed by atoms with Gasteiger partial charge in [-0.2, -0.15) is 0 Å². The second-order valence-electron chi connectivity index (χ2n) is 4.74. The Balaban J connectivity index is 1.76. The molecule has 20 heavy (non-hydrogen) atoms. The zero-order chi connectivity index (χ0) is 14.1. The summed E-state index contributed by atoms with van der Waals surface area (Å²) in [6, 6.07) is 0.108. The monoisotopic (exact) mass is 274 g/mol. The summed E-state index contributed by atoms with van der Waals surface area (Å²) in [5, 5.41) is 16.4. The van der Waals surface area contributed by atoms with Crippen LogP contribution in [0.15, 0.2) is 18.6 Å². The lowest BCUT2D eigenvalue weighted by Gasteiger charge is -2.18. The van der Waals surface area contributed by atoms with Crippen molar-refractivity contribution in [1.29, 1.82) is 0 Å². The molecule has 0 aliphatic carbocycles. The Hall–Kier alpha value is -2.51. The molecule has 1 aliphatic heterocycles. The molecule has 8 heteroatoms. The Labute approximate surface area is 115 Å². The van der Waals surface area contributed by atoms with Gasteiger partial charge in [-0.15, -0.1) is 5.10 Å². The van der Waals surface area contributed by atoms with Gasteiger partial charge in [-0.25, -0.2) is 14.5 Å². The molecule has 0 amide bonds. The zero-order valence-corrected chi connectivity index (χ0v) is 11.0. The summed E-state index contributed by atoms with van der Waals surface area (Å²) in [5.41, 5.74) is 0.858. The highest BCUT2D eigenvalue weighted by Gasteiger charge is 2.27. The summed E-state index contributed by atoms with van der Waals surface area (Å²) < 4.78 is 1.62. The smallest absolute Gasteiger partial charge is 0.358 e. The van der Waals surface area contributed by atoms with Crippen molar-refractivity contribution in [1.82, 2.24) is 25.0 Å². The molecule has 1 aliphatic rings. The van der Waals surface area contributed by atoms with E-state index in [1.54, 1.807) is 17.1 Å². The number of hydrogen-bond donors (Lipinski definition) is 1. The molecule has 0 saturated carbocycles. The molecule has 2 aromatic heterocycles. The van der Waals surface area contributed by atoms with Crippen LogP contribution in [0.2, 0.25) is 0 Å². The maximum absolute atomic E-state index is 10.8. The van der Waals surface area contributed by atoms with Crippen LogP contribution in [-0.4, -0.2) is 49.1 Å². The Morgan fingerprint density at radius 3 is 2.90 bits per heavy atom. The lowest BCUT2D eigenvalue weighted by Crippen LogP contribution is -2.23. The van der Waals surface area contributed by atoms with Crippen LogP contribution in [0.5, 0.6) is 0 Å². The molecule has 8 nitrogen and oxygen atoms in total. The molecule has 0 radical (unpaired) electrons. The van der Waals surface area contributed by atoms with E-state index in [-0.39, 0.29) is 11.7 Å². The molecule has 2 aromatic rings. The zero-order valence-electron chi connectivity index (χ0n) is 11.0. The largest absolute Gasteiger partial charge is 0.476 e. The quantitative estimate of drug-likeness (QED) is 0.871. The van der Waals surface area contributed by atoms with Crippen LogP contribution in [0.3, 0.4) is 0 Å². The molecule has 1 fully saturated rings. The first kappa shape index (κ1) is 12.5. The van der Waals surface area contributed by atoms with Gasteiger partial charge in [0.1, 0.15) is 5.82 Å². The molecule has 1 unspecified atom stereocenters. The van der Waals surface area contributed by atoms with E-state index in [1.165, 1.54) is 6.20 Å². The van der Waals surface area contributed by atoms with E-state index in [4.69, 9.17) is 5.11 Å². The highest BCUT2D eigenvalue weighted by Crippen LogP contribution is 2.26. The second-order valence-corrected chi connectivity index (χ2v) is 4.74. The number of hydrogen-bond acceptors (Lipinski definition) is 6. The highest BCUT2D eigenvalue weighted by molar-refractivity contribution is 5.84. The number of nitrogens with zero attached hydrogens (tertiary/aromatic N) is 6. The highest BCUT2D eigenvalue weighted by atomic mass is 16.4. The van der Waals surface area contributed by atoms with Crippen molar-refractivity contribution in [2.75, 3.05) is 18.0 Å². The fourth-order valence-corrected chi connectivity index (χ4v) is 2.41. The van der Waals surface area contributed by atoms with Crippen LogP contribution >= 0.6 is 0 Å². The minimum Gasteiger partial charge on any atom is -0.476 e. The number of aryl methyl sites for hydroxylation is 1. The summed E-state index contributed by atoms with van der Waals surface area (Å²) in [5.74, 6) is -0.190. The minimum absolute atomic E-state index is 0.0286. The number of anilines is 1. The van der Waals surface area contributed by atoms with Gasteiger partial charge in [-0.1, -0.05) is 5.21 Å². The SMILES string of the molecule is Cc1nccnc1N1CCC(n2cc(C(=O)O)nn2)C1. The van der Waals surface area contributed by atoms with Gasteiger partial charge in [0, 0.05) is 25.5 Å². The van der Waals surface area contributed by atoms with Crippen molar-refractivity contribution in [3.05, 3.63) is 30.0 Å². The average Bonchev–Trinajstić information content (AvgIpc) is 3.08. The van der Waals surface area contributed by atoms with E-state index < -0.39 is 5.97 Å². The van der Waals surface area contributed by atoms with E-state index in [0.29, 0.717) is 0 Å². The van der Waals surface area contributed by atoms with Gasteiger partial charge in [-0.05, 0) is 13.3 Å². The molecule has 1 atom stereocenters. The number of carbonyl (C=O) groups is 1. The molecule has 3 heterocycles. The lowest BCUT2D eigenvalue weighted by molar-refractivity contribution is 0.0690. The molecule has 1 saturated heterocycles. The summed E-state index contributed by atoms with van der Waals surface area (Å²) in [6.45, 7) is 3.49. The number of carboxylic acids is 1. The minimum atomic E-state index is -1.06. The lowest BCUT2D eigenvalue weighted by atomic mass is 10.3. The Morgan fingerprint density at radius 1 is 1.40 bits per heavy atom. The van der Waals surface area contributed by atoms with Crippen molar-refractivity contribution in [2.24, 2.45) is 0 Å². The molecule has 3 rings (SSSR count).